The van der Waals surface area contributed by atoms with Gasteiger partial charge in [0.2, 0.25) is 0 Å². The number of amides is 1. The second-order valence-electron chi connectivity index (χ2n) is 9.10. The van der Waals surface area contributed by atoms with Gasteiger partial charge in [0.15, 0.2) is 0 Å². The molecule has 1 aliphatic heterocycles. The first-order valence-electron chi connectivity index (χ1n) is 12.9. The second kappa shape index (κ2) is 13.4. The van der Waals surface area contributed by atoms with Gasteiger partial charge in [0.1, 0.15) is 0 Å². The van der Waals surface area contributed by atoms with E-state index in [-0.39, 0.29) is 5.91 Å². The van der Waals surface area contributed by atoms with Crippen LogP contribution in [-0.2, 0) is 6.54 Å². The lowest BCUT2D eigenvalue weighted by molar-refractivity contribution is 0.0951. The van der Waals surface area contributed by atoms with Crippen LogP contribution in [-0.4, -0.2) is 42.7 Å². The van der Waals surface area contributed by atoms with Gasteiger partial charge in [-0.15, -0.1) is 0 Å². The van der Waals surface area contributed by atoms with Gasteiger partial charge >= 0.3 is 0 Å². The van der Waals surface area contributed by atoms with Gasteiger partial charge < -0.3 is 11.1 Å². The van der Waals surface area contributed by atoms with Crippen molar-refractivity contribution >= 4 is 29.1 Å². The van der Waals surface area contributed by atoms with Crippen LogP contribution in [0.15, 0.2) is 87.6 Å². The van der Waals surface area contributed by atoms with Crippen LogP contribution in [0.5, 0.6) is 0 Å². The molecule has 0 bridgehead atoms. The van der Waals surface area contributed by atoms with Crippen molar-refractivity contribution in [3.63, 3.8) is 0 Å². The van der Waals surface area contributed by atoms with Crippen molar-refractivity contribution in [3.8, 4) is 0 Å². The normalized spacial score (nSPS) is 12.5. The Morgan fingerprint density at radius 1 is 0.972 bits per heavy atom. The van der Waals surface area contributed by atoms with Crippen LogP contribution in [0, 0.1) is 0 Å². The van der Waals surface area contributed by atoms with Gasteiger partial charge in [-0.1, -0.05) is 73.6 Å². The third-order valence-corrected chi connectivity index (χ3v) is 7.39. The molecule has 3 aromatic carbocycles. The zero-order valence-electron chi connectivity index (χ0n) is 21.1. The fourth-order valence-corrected chi connectivity index (χ4v) is 5.44. The molecule has 6 heteroatoms. The Kier molecular flexibility index (Phi) is 9.73. The standard InChI is InChI=1S/C30H36N4OS/c1-2-10-26-25-13-6-7-14-28(25)36-29-16-15-24(21-27(29)33-26)30(35)32-18-9-20-34(19-8-17-31)22-23-11-4-3-5-12-23/h3-7,11-16,21H,2,8-10,17-20,22,31H2,1H3,(H,32,35). The lowest BCUT2D eigenvalue weighted by Crippen LogP contribution is -2.31. The van der Waals surface area contributed by atoms with Crippen LogP contribution >= 0.6 is 11.8 Å². The highest BCUT2D eigenvalue weighted by molar-refractivity contribution is 7.99. The summed E-state index contributed by atoms with van der Waals surface area (Å²) in [5.74, 6) is -0.0478. The maximum Gasteiger partial charge on any atom is 0.251 e. The summed E-state index contributed by atoms with van der Waals surface area (Å²) >= 11 is 1.72. The van der Waals surface area contributed by atoms with Crippen LogP contribution in [0.2, 0.25) is 0 Å². The number of nitrogens with one attached hydrogen (secondary N) is 1. The van der Waals surface area contributed by atoms with E-state index >= 15 is 0 Å². The molecule has 1 aliphatic rings. The summed E-state index contributed by atoms with van der Waals surface area (Å²) < 4.78 is 0. The molecule has 0 radical (unpaired) electrons. The third kappa shape index (κ3) is 7.06. The molecule has 0 spiro atoms. The van der Waals surface area contributed by atoms with Gasteiger partial charge in [-0.2, -0.15) is 0 Å². The Morgan fingerprint density at radius 2 is 1.75 bits per heavy atom. The van der Waals surface area contributed by atoms with Crippen molar-refractivity contribution in [2.24, 2.45) is 10.7 Å². The van der Waals surface area contributed by atoms with Gasteiger partial charge in [0, 0.05) is 46.3 Å². The molecule has 0 unspecified atom stereocenters. The van der Waals surface area contributed by atoms with Crippen LogP contribution < -0.4 is 11.1 Å². The number of hydrogen-bond donors (Lipinski definition) is 2. The molecule has 4 rings (SSSR count). The molecule has 36 heavy (non-hydrogen) atoms. The molecule has 3 aromatic rings. The molecule has 0 atom stereocenters. The predicted octanol–water partition coefficient (Wildman–Crippen LogP) is 6.04. The smallest absolute Gasteiger partial charge is 0.251 e. The van der Waals surface area contributed by atoms with Crippen molar-refractivity contribution < 1.29 is 4.79 Å². The highest BCUT2D eigenvalue weighted by Crippen LogP contribution is 2.41. The topological polar surface area (TPSA) is 70.7 Å². The maximum atomic E-state index is 13.0. The summed E-state index contributed by atoms with van der Waals surface area (Å²) in [6.45, 7) is 6.27. The zero-order valence-corrected chi connectivity index (χ0v) is 21.9. The SMILES string of the molecule is CCCC1=Nc2cc(C(=O)NCCCN(CCCN)Cc3ccccc3)ccc2Sc2ccccc21. The van der Waals surface area contributed by atoms with Crippen LogP contribution in [0.4, 0.5) is 5.69 Å². The summed E-state index contributed by atoms with van der Waals surface area (Å²) in [6.07, 6.45) is 3.80. The highest BCUT2D eigenvalue weighted by Gasteiger charge is 2.18. The lowest BCUT2D eigenvalue weighted by Gasteiger charge is -2.22. The molecular weight excluding hydrogens is 464 g/mol. The minimum absolute atomic E-state index is 0.0478. The molecule has 0 aliphatic carbocycles. The largest absolute Gasteiger partial charge is 0.352 e. The molecule has 0 saturated carbocycles. The van der Waals surface area contributed by atoms with E-state index in [1.54, 1.807) is 11.8 Å². The van der Waals surface area contributed by atoms with E-state index in [0.29, 0.717) is 18.7 Å². The van der Waals surface area contributed by atoms with E-state index in [9.17, 15) is 4.79 Å². The number of benzene rings is 3. The van der Waals surface area contributed by atoms with Gasteiger partial charge in [-0.3, -0.25) is 14.7 Å². The molecule has 5 nitrogen and oxygen atoms in total. The van der Waals surface area contributed by atoms with Gasteiger partial charge in [-0.05, 0) is 62.2 Å². The number of nitrogens with two attached hydrogens (primary N) is 1. The van der Waals surface area contributed by atoms with E-state index in [1.807, 2.05) is 24.3 Å². The molecule has 1 amide bonds. The summed E-state index contributed by atoms with van der Waals surface area (Å²) in [6, 6.07) is 24.8. The highest BCUT2D eigenvalue weighted by atomic mass is 32.2. The first-order valence-corrected chi connectivity index (χ1v) is 13.7. The summed E-state index contributed by atoms with van der Waals surface area (Å²) in [5.41, 5.74) is 10.9. The van der Waals surface area contributed by atoms with Crippen molar-refractivity contribution in [1.29, 1.82) is 0 Å². The van der Waals surface area contributed by atoms with Crippen molar-refractivity contribution in [1.82, 2.24) is 10.2 Å². The van der Waals surface area contributed by atoms with Crippen LogP contribution in [0.25, 0.3) is 0 Å². The molecule has 0 aromatic heterocycles. The zero-order chi connectivity index (χ0) is 25.2. The molecule has 1 heterocycles. The van der Waals surface area contributed by atoms with Gasteiger partial charge in [0.25, 0.3) is 5.91 Å². The van der Waals surface area contributed by atoms with Crippen molar-refractivity contribution in [2.45, 2.75) is 48.9 Å². The lowest BCUT2D eigenvalue weighted by atomic mass is 10.1. The average Bonchev–Trinajstić information content (AvgIpc) is 3.06. The van der Waals surface area contributed by atoms with E-state index in [0.717, 1.165) is 61.6 Å². The number of fused-ring (bicyclic) bond motifs is 2. The average molecular weight is 501 g/mol. The monoisotopic (exact) mass is 500 g/mol. The van der Waals surface area contributed by atoms with Crippen molar-refractivity contribution in [3.05, 3.63) is 89.5 Å². The summed E-state index contributed by atoms with van der Waals surface area (Å²) in [4.78, 5) is 22.7. The van der Waals surface area contributed by atoms with E-state index in [1.165, 1.54) is 16.0 Å². The Labute approximate surface area is 219 Å². The summed E-state index contributed by atoms with van der Waals surface area (Å²) in [5, 5.41) is 3.10. The molecule has 0 saturated heterocycles. The predicted molar refractivity (Wildman–Crippen MR) is 150 cm³/mol. The van der Waals surface area contributed by atoms with Crippen LogP contribution in [0.1, 0.15) is 54.1 Å². The molecule has 188 valence electrons. The Hall–Kier alpha value is -2.93. The number of carbonyl (C=O) groups excluding carboxylic acids is 1. The van der Waals surface area contributed by atoms with E-state index < -0.39 is 0 Å². The fourth-order valence-electron chi connectivity index (χ4n) is 4.41. The molecular formula is C30H36N4OS. The maximum absolute atomic E-state index is 13.0. The van der Waals surface area contributed by atoms with Crippen LogP contribution in [0.3, 0.4) is 0 Å². The Bertz CT molecular complexity index is 1180. The second-order valence-corrected chi connectivity index (χ2v) is 10.2. The minimum atomic E-state index is -0.0478. The fraction of sp³-hybridized carbons (Fsp3) is 0.333. The Morgan fingerprint density at radius 3 is 2.56 bits per heavy atom. The van der Waals surface area contributed by atoms with Crippen molar-refractivity contribution in [2.75, 3.05) is 26.2 Å². The number of nitrogens with zero attached hydrogens (tertiary/aromatic N) is 2. The molecule has 0 fully saturated rings. The number of hydrogen-bond acceptors (Lipinski definition) is 5. The number of rotatable bonds is 12. The molecule has 3 N–H and O–H groups in total. The first kappa shape index (κ1) is 26.1. The van der Waals surface area contributed by atoms with Gasteiger partial charge in [0.05, 0.1) is 5.69 Å². The van der Waals surface area contributed by atoms with Gasteiger partial charge in [-0.25, -0.2) is 0 Å². The summed E-state index contributed by atoms with van der Waals surface area (Å²) in [7, 11) is 0. The first-order chi connectivity index (χ1) is 17.7. The number of carbonyl (C=O) groups is 1. The quantitative estimate of drug-likeness (QED) is 0.297. The minimum Gasteiger partial charge on any atom is -0.352 e. The third-order valence-electron chi connectivity index (χ3n) is 6.25. The Balaban J connectivity index is 1.37. The number of aliphatic imine (C=N–C) groups is 1. The van der Waals surface area contributed by atoms with E-state index in [4.69, 9.17) is 10.7 Å². The van der Waals surface area contributed by atoms with E-state index in [2.05, 4.69) is 65.7 Å².